The number of nitrogens with one attached hydrogen (secondary N) is 1. The van der Waals surface area contributed by atoms with E-state index in [-0.39, 0.29) is 17.8 Å². The van der Waals surface area contributed by atoms with Gasteiger partial charge in [-0.1, -0.05) is 48.0 Å². The summed E-state index contributed by atoms with van der Waals surface area (Å²) >= 11 is 5.88. The van der Waals surface area contributed by atoms with Gasteiger partial charge in [-0.25, -0.2) is 0 Å². The van der Waals surface area contributed by atoms with Crippen LogP contribution in [0.15, 0.2) is 60.7 Å². The van der Waals surface area contributed by atoms with E-state index in [0.29, 0.717) is 37.3 Å². The number of cyclic esters (lactones) is 1. The van der Waals surface area contributed by atoms with E-state index in [1.54, 1.807) is 0 Å². The van der Waals surface area contributed by atoms with Crippen LogP contribution in [-0.2, 0) is 27.2 Å². The smallest absolute Gasteiger partial charge is 0.313 e. The van der Waals surface area contributed by atoms with Crippen LogP contribution < -0.4 is 5.32 Å². The van der Waals surface area contributed by atoms with Gasteiger partial charge >= 0.3 is 5.97 Å². The number of halogens is 1. The highest BCUT2D eigenvalue weighted by atomic mass is 35.5. The molecule has 0 aromatic heterocycles. The fraction of sp³-hybridized carbons (Fsp3) is 0.333. The van der Waals surface area contributed by atoms with E-state index in [0.717, 1.165) is 28.8 Å². The van der Waals surface area contributed by atoms with Gasteiger partial charge in [0.05, 0.1) is 12.0 Å². The van der Waals surface area contributed by atoms with E-state index in [4.69, 9.17) is 16.3 Å². The molecule has 1 heterocycles. The lowest BCUT2D eigenvalue weighted by Crippen LogP contribution is -2.31. The Bertz CT molecular complexity index is 936. The number of anilines is 1. The molecule has 1 aliphatic carbocycles. The minimum Gasteiger partial charge on any atom is -0.465 e. The van der Waals surface area contributed by atoms with E-state index in [1.807, 2.05) is 48.5 Å². The Hall–Kier alpha value is -2.59. The molecule has 4 nitrogen and oxygen atoms in total. The van der Waals surface area contributed by atoms with Crippen molar-refractivity contribution in [1.82, 2.24) is 0 Å². The Labute approximate surface area is 175 Å². The van der Waals surface area contributed by atoms with Crippen molar-refractivity contribution in [3.05, 3.63) is 76.8 Å². The number of benzene rings is 2. The molecule has 1 saturated heterocycles. The number of esters is 1. The van der Waals surface area contributed by atoms with Crippen molar-refractivity contribution >= 4 is 29.2 Å². The molecule has 2 unspecified atom stereocenters. The van der Waals surface area contributed by atoms with E-state index >= 15 is 0 Å². The average molecular weight is 410 g/mol. The molecule has 150 valence electrons. The van der Waals surface area contributed by atoms with Crippen molar-refractivity contribution in [2.24, 2.45) is 11.3 Å². The van der Waals surface area contributed by atoms with E-state index in [9.17, 15) is 9.59 Å². The van der Waals surface area contributed by atoms with Crippen LogP contribution >= 0.6 is 11.6 Å². The van der Waals surface area contributed by atoms with Gasteiger partial charge in [-0.05, 0) is 61.1 Å². The van der Waals surface area contributed by atoms with Crippen LogP contribution in [0.1, 0.15) is 30.4 Å². The molecule has 2 aliphatic rings. The number of carbonyl (C=O) groups is 2. The summed E-state index contributed by atoms with van der Waals surface area (Å²) in [6, 6.07) is 15.3. The van der Waals surface area contributed by atoms with E-state index < -0.39 is 5.41 Å². The Morgan fingerprint density at radius 3 is 2.55 bits per heavy atom. The predicted molar refractivity (Wildman–Crippen MR) is 114 cm³/mol. The van der Waals surface area contributed by atoms with Crippen LogP contribution in [0.4, 0.5) is 5.69 Å². The third-order valence-corrected chi connectivity index (χ3v) is 6.27. The molecule has 2 aromatic carbocycles. The Balaban J connectivity index is 1.34. The summed E-state index contributed by atoms with van der Waals surface area (Å²) in [4.78, 5) is 24.7. The number of fused-ring (bicyclic) bond motifs is 1. The molecule has 0 spiro atoms. The van der Waals surface area contributed by atoms with Gasteiger partial charge < -0.3 is 10.1 Å². The summed E-state index contributed by atoms with van der Waals surface area (Å²) in [7, 11) is 0. The molecule has 1 saturated carbocycles. The second-order valence-electron chi connectivity index (χ2n) is 8.13. The molecule has 1 amide bonds. The molecular formula is C24H24ClNO3. The standard InChI is InChI=1S/C24H24ClNO3/c1-16-12-19-15-29-23(28)24(19,13-16)14-18-4-9-21(10-5-18)26-22(27)11-6-17-2-7-20(25)8-3-17/h2-5,7-10,19H,1,6,11-15H2,(H,26,27). The lowest BCUT2D eigenvalue weighted by Gasteiger charge is -2.24. The van der Waals surface area contributed by atoms with Gasteiger partial charge in [0.2, 0.25) is 5.91 Å². The van der Waals surface area contributed by atoms with Gasteiger partial charge in [-0.2, -0.15) is 0 Å². The zero-order valence-corrected chi connectivity index (χ0v) is 17.0. The highest BCUT2D eigenvalue weighted by Gasteiger charge is 2.55. The number of rotatable bonds is 6. The van der Waals surface area contributed by atoms with E-state index in [1.165, 1.54) is 0 Å². The first-order chi connectivity index (χ1) is 13.9. The molecule has 2 aromatic rings. The maximum absolute atomic E-state index is 12.4. The number of hydrogen-bond donors (Lipinski definition) is 1. The third kappa shape index (κ3) is 4.23. The topological polar surface area (TPSA) is 55.4 Å². The van der Waals surface area contributed by atoms with Crippen LogP contribution in [0.25, 0.3) is 0 Å². The van der Waals surface area contributed by atoms with Gasteiger partial charge in [0.1, 0.15) is 0 Å². The fourth-order valence-electron chi connectivity index (χ4n) is 4.47. The van der Waals surface area contributed by atoms with Crippen molar-refractivity contribution in [1.29, 1.82) is 0 Å². The van der Waals surface area contributed by atoms with Crippen molar-refractivity contribution in [3.63, 3.8) is 0 Å². The summed E-state index contributed by atoms with van der Waals surface area (Å²) in [5.41, 5.74) is 3.59. The quantitative estimate of drug-likeness (QED) is 0.541. The monoisotopic (exact) mass is 409 g/mol. The summed E-state index contributed by atoms with van der Waals surface area (Å²) in [6.07, 6.45) is 3.30. The fourth-order valence-corrected chi connectivity index (χ4v) is 4.59. The minimum absolute atomic E-state index is 0.0298. The normalized spacial score (nSPS) is 23.0. The first-order valence-corrected chi connectivity index (χ1v) is 10.3. The lowest BCUT2D eigenvalue weighted by molar-refractivity contribution is -0.146. The molecular weight excluding hydrogens is 386 g/mol. The van der Waals surface area contributed by atoms with Crippen LogP contribution in [0.3, 0.4) is 0 Å². The van der Waals surface area contributed by atoms with Gasteiger partial charge in [0, 0.05) is 23.0 Å². The maximum Gasteiger partial charge on any atom is 0.313 e. The SMILES string of the molecule is C=C1CC2COC(=O)C2(Cc2ccc(NC(=O)CCc3ccc(Cl)cc3)cc2)C1. The van der Waals surface area contributed by atoms with Crippen LogP contribution in [0.2, 0.25) is 5.02 Å². The first kappa shape index (κ1) is 19.7. The molecule has 1 N–H and O–H groups in total. The second-order valence-corrected chi connectivity index (χ2v) is 8.57. The molecule has 5 heteroatoms. The van der Waals surface area contributed by atoms with Crippen LogP contribution in [0, 0.1) is 11.3 Å². The number of amides is 1. The van der Waals surface area contributed by atoms with Crippen molar-refractivity contribution < 1.29 is 14.3 Å². The third-order valence-electron chi connectivity index (χ3n) is 6.02. The largest absolute Gasteiger partial charge is 0.465 e. The van der Waals surface area contributed by atoms with Crippen molar-refractivity contribution in [2.75, 3.05) is 11.9 Å². The van der Waals surface area contributed by atoms with Crippen molar-refractivity contribution in [3.8, 4) is 0 Å². The van der Waals surface area contributed by atoms with Gasteiger partial charge in [-0.15, -0.1) is 0 Å². The number of allylic oxidation sites excluding steroid dienone is 1. The number of hydrogen-bond acceptors (Lipinski definition) is 3. The molecule has 2 fully saturated rings. The summed E-state index contributed by atoms with van der Waals surface area (Å²) in [6.45, 7) is 4.59. The summed E-state index contributed by atoms with van der Waals surface area (Å²) in [5, 5.41) is 3.63. The molecule has 29 heavy (non-hydrogen) atoms. The zero-order chi connectivity index (χ0) is 20.4. The molecule has 0 bridgehead atoms. The van der Waals surface area contributed by atoms with E-state index in [2.05, 4.69) is 11.9 Å². The summed E-state index contributed by atoms with van der Waals surface area (Å²) < 4.78 is 5.35. The number of aryl methyl sites for hydroxylation is 1. The van der Waals surface area contributed by atoms with Crippen LogP contribution in [-0.4, -0.2) is 18.5 Å². The Morgan fingerprint density at radius 1 is 1.14 bits per heavy atom. The highest BCUT2D eigenvalue weighted by molar-refractivity contribution is 6.30. The Kier molecular flexibility index (Phi) is 5.46. The van der Waals surface area contributed by atoms with Gasteiger partial charge in [0.15, 0.2) is 0 Å². The molecule has 2 atom stereocenters. The number of ether oxygens (including phenoxy) is 1. The van der Waals surface area contributed by atoms with Crippen molar-refractivity contribution in [2.45, 2.75) is 32.1 Å². The van der Waals surface area contributed by atoms with Crippen LogP contribution in [0.5, 0.6) is 0 Å². The molecule has 0 radical (unpaired) electrons. The summed E-state index contributed by atoms with van der Waals surface area (Å²) in [5.74, 6) is 0.105. The highest BCUT2D eigenvalue weighted by Crippen LogP contribution is 2.52. The molecule has 1 aliphatic heterocycles. The van der Waals surface area contributed by atoms with Gasteiger partial charge in [-0.3, -0.25) is 9.59 Å². The molecule has 4 rings (SSSR count). The lowest BCUT2D eigenvalue weighted by atomic mass is 9.75. The average Bonchev–Trinajstić information content (AvgIpc) is 3.17. The zero-order valence-electron chi connectivity index (χ0n) is 16.2. The second kappa shape index (κ2) is 8.03. The van der Waals surface area contributed by atoms with Gasteiger partial charge in [0.25, 0.3) is 0 Å². The predicted octanol–water partition coefficient (Wildman–Crippen LogP) is 4.96. The first-order valence-electron chi connectivity index (χ1n) is 9.92. The Morgan fingerprint density at radius 2 is 1.83 bits per heavy atom. The number of carbonyl (C=O) groups excluding carboxylic acids is 2. The minimum atomic E-state index is -0.458. The maximum atomic E-state index is 12.4.